The zero-order valence-corrected chi connectivity index (χ0v) is 14.8. The summed E-state index contributed by atoms with van der Waals surface area (Å²) in [6.45, 7) is 9.08. The van der Waals surface area contributed by atoms with Crippen molar-refractivity contribution in [2.45, 2.75) is 52.1 Å². The number of rotatable bonds is 1. The molecular formula is C17H27N5O2. The first-order valence-corrected chi connectivity index (χ1v) is 8.76. The number of hydrogen-bond acceptors (Lipinski definition) is 3. The second-order valence-corrected chi connectivity index (χ2v) is 7.64. The number of carbonyl (C=O) groups is 2. The Morgan fingerprint density at radius 1 is 1.04 bits per heavy atom. The summed E-state index contributed by atoms with van der Waals surface area (Å²) < 4.78 is 1.96. The maximum Gasteiger partial charge on any atom is 0.317 e. The number of nitrogens with one attached hydrogen (secondary N) is 1. The van der Waals surface area contributed by atoms with E-state index >= 15 is 0 Å². The van der Waals surface area contributed by atoms with Crippen LogP contribution in [0, 0.1) is 0 Å². The predicted octanol–water partition coefficient (Wildman–Crippen LogP) is 1.49. The Balaban J connectivity index is 1.60. The van der Waals surface area contributed by atoms with Crippen LogP contribution in [0.2, 0.25) is 0 Å². The van der Waals surface area contributed by atoms with E-state index in [4.69, 9.17) is 0 Å². The molecule has 1 aromatic rings. The first kappa shape index (κ1) is 16.8. The number of nitrogens with zero attached hydrogens (tertiary/aromatic N) is 4. The third kappa shape index (κ3) is 3.55. The Morgan fingerprint density at radius 2 is 1.71 bits per heavy atom. The maximum absolute atomic E-state index is 12.8. The van der Waals surface area contributed by atoms with Gasteiger partial charge >= 0.3 is 6.03 Å². The highest BCUT2D eigenvalue weighted by Crippen LogP contribution is 2.20. The average molecular weight is 333 g/mol. The molecule has 3 rings (SSSR count). The highest BCUT2D eigenvalue weighted by molar-refractivity contribution is 5.95. The van der Waals surface area contributed by atoms with Gasteiger partial charge in [-0.05, 0) is 40.0 Å². The fourth-order valence-corrected chi connectivity index (χ4v) is 3.28. The predicted molar refractivity (Wildman–Crippen MR) is 90.9 cm³/mol. The largest absolute Gasteiger partial charge is 0.335 e. The van der Waals surface area contributed by atoms with Gasteiger partial charge in [0.2, 0.25) is 0 Å². The lowest BCUT2D eigenvalue weighted by Crippen LogP contribution is -2.56. The minimum Gasteiger partial charge on any atom is -0.335 e. The van der Waals surface area contributed by atoms with Crippen molar-refractivity contribution in [1.29, 1.82) is 0 Å². The van der Waals surface area contributed by atoms with Gasteiger partial charge in [0.15, 0.2) is 0 Å². The summed E-state index contributed by atoms with van der Waals surface area (Å²) in [4.78, 5) is 28.6. The zero-order valence-electron chi connectivity index (χ0n) is 14.8. The Kier molecular flexibility index (Phi) is 4.51. The van der Waals surface area contributed by atoms with Crippen LogP contribution in [0.1, 0.15) is 49.7 Å². The Hall–Kier alpha value is -2.05. The van der Waals surface area contributed by atoms with Crippen LogP contribution in [0.4, 0.5) is 4.79 Å². The first-order valence-electron chi connectivity index (χ1n) is 8.76. The van der Waals surface area contributed by atoms with Crippen molar-refractivity contribution in [3.8, 4) is 0 Å². The molecule has 0 saturated carbocycles. The second kappa shape index (κ2) is 6.45. The number of urea groups is 1. The summed E-state index contributed by atoms with van der Waals surface area (Å²) in [6, 6.07) is -0.0579. The van der Waals surface area contributed by atoms with Crippen molar-refractivity contribution in [1.82, 2.24) is 24.9 Å². The Labute approximate surface area is 143 Å². The minimum absolute atomic E-state index is 0.0500. The topological polar surface area (TPSA) is 70.5 Å². The van der Waals surface area contributed by atoms with Crippen LogP contribution in [0.3, 0.4) is 0 Å². The normalized spacial score (nSPS) is 18.3. The fraction of sp³-hybridized carbons (Fsp3) is 0.706. The highest BCUT2D eigenvalue weighted by atomic mass is 16.2. The molecular weight excluding hydrogens is 306 g/mol. The number of fused-ring (bicyclic) bond motifs is 1. The molecule has 7 nitrogen and oxygen atoms in total. The fourth-order valence-electron chi connectivity index (χ4n) is 3.28. The van der Waals surface area contributed by atoms with Crippen LogP contribution < -0.4 is 5.32 Å². The van der Waals surface area contributed by atoms with Crippen LogP contribution in [0.15, 0.2) is 6.20 Å². The van der Waals surface area contributed by atoms with Gasteiger partial charge in [0.25, 0.3) is 5.91 Å². The molecule has 0 atom stereocenters. The second-order valence-electron chi connectivity index (χ2n) is 7.64. The third-order valence-corrected chi connectivity index (χ3v) is 4.55. The van der Waals surface area contributed by atoms with E-state index in [1.165, 1.54) is 0 Å². The lowest BCUT2D eigenvalue weighted by molar-refractivity contribution is 0.0659. The van der Waals surface area contributed by atoms with Crippen LogP contribution >= 0.6 is 0 Å². The van der Waals surface area contributed by atoms with E-state index in [1.807, 2.05) is 30.4 Å². The summed E-state index contributed by atoms with van der Waals surface area (Å²) in [6.07, 6.45) is 4.88. The van der Waals surface area contributed by atoms with E-state index in [9.17, 15) is 9.59 Å². The van der Waals surface area contributed by atoms with Crippen molar-refractivity contribution in [3.05, 3.63) is 17.5 Å². The van der Waals surface area contributed by atoms with E-state index in [0.29, 0.717) is 26.2 Å². The first-order chi connectivity index (χ1) is 11.3. The van der Waals surface area contributed by atoms with E-state index in [-0.39, 0.29) is 17.5 Å². The molecule has 0 aliphatic carbocycles. The van der Waals surface area contributed by atoms with E-state index < -0.39 is 0 Å². The molecule has 24 heavy (non-hydrogen) atoms. The SMILES string of the molecule is CC(C)(C)NC(=O)N1CCN(C(=O)c2cnn3c2CCCC3)CC1. The van der Waals surface area contributed by atoms with Crippen molar-refractivity contribution in [2.75, 3.05) is 26.2 Å². The lowest BCUT2D eigenvalue weighted by Gasteiger charge is -2.36. The van der Waals surface area contributed by atoms with Crippen molar-refractivity contribution < 1.29 is 9.59 Å². The molecule has 3 heterocycles. The molecule has 0 radical (unpaired) electrons. The highest BCUT2D eigenvalue weighted by Gasteiger charge is 2.29. The molecule has 0 spiro atoms. The average Bonchev–Trinajstić information content (AvgIpc) is 2.97. The van der Waals surface area contributed by atoms with Crippen LogP contribution in [-0.4, -0.2) is 63.2 Å². The molecule has 0 unspecified atom stereocenters. The van der Waals surface area contributed by atoms with Gasteiger partial charge < -0.3 is 15.1 Å². The van der Waals surface area contributed by atoms with Gasteiger partial charge in [0.1, 0.15) is 0 Å². The number of carbonyl (C=O) groups excluding carboxylic acids is 2. The number of amides is 3. The maximum atomic E-state index is 12.8. The number of hydrogen-bond donors (Lipinski definition) is 1. The molecule has 2 aliphatic heterocycles. The summed E-state index contributed by atoms with van der Waals surface area (Å²) in [5.41, 5.74) is 1.56. The lowest BCUT2D eigenvalue weighted by atomic mass is 10.1. The van der Waals surface area contributed by atoms with Crippen molar-refractivity contribution in [3.63, 3.8) is 0 Å². The van der Waals surface area contributed by atoms with Gasteiger partial charge in [-0.3, -0.25) is 9.48 Å². The van der Waals surface area contributed by atoms with Gasteiger partial charge in [0, 0.05) is 38.3 Å². The summed E-state index contributed by atoms with van der Waals surface area (Å²) >= 11 is 0. The van der Waals surface area contributed by atoms with Gasteiger partial charge in [-0.1, -0.05) is 0 Å². The molecule has 1 saturated heterocycles. The van der Waals surface area contributed by atoms with Gasteiger partial charge in [0.05, 0.1) is 17.5 Å². The van der Waals surface area contributed by atoms with Gasteiger partial charge in [-0.2, -0.15) is 5.10 Å². The molecule has 1 aromatic heterocycles. The zero-order chi connectivity index (χ0) is 17.3. The third-order valence-electron chi connectivity index (χ3n) is 4.55. The van der Waals surface area contributed by atoms with Gasteiger partial charge in [-0.15, -0.1) is 0 Å². The number of aromatic nitrogens is 2. The molecule has 0 aromatic carbocycles. The number of aryl methyl sites for hydroxylation is 1. The standard InChI is InChI=1S/C17H27N5O2/c1-17(2,3)19-16(24)21-10-8-20(9-11-21)15(23)13-12-18-22-7-5-4-6-14(13)22/h12H,4-11H2,1-3H3,(H,19,24). The molecule has 7 heteroatoms. The van der Waals surface area contributed by atoms with Gasteiger partial charge in [-0.25, -0.2) is 4.79 Å². The van der Waals surface area contributed by atoms with E-state index in [0.717, 1.165) is 37.1 Å². The molecule has 3 amide bonds. The van der Waals surface area contributed by atoms with Crippen molar-refractivity contribution >= 4 is 11.9 Å². The summed E-state index contributed by atoms with van der Waals surface area (Å²) in [7, 11) is 0. The van der Waals surface area contributed by atoms with Crippen LogP contribution in [-0.2, 0) is 13.0 Å². The van der Waals surface area contributed by atoms with E-state index in [1.54, 1.807) is 11.1 Å². The molecule has 132 valence electrons. The molecule has 1 N–H and O–H groups in total. The smallest absolute Gasteiger partial charge is 0.317 e. The summed E-state index contributed by atoms with van der Waals surface area (Å²) in [5, 5.41) is 7.32. The van der Waals surface area contributed by atoms with Crippen LogP contribution in [0.5, 0.6) is 0 Å². The molecule has 0 bridgehead atoms. The van der Waals surface area contributed by atoms with Crippen molar-refractivity contribution in [2.24, 2.45) is 0 Å². The summed E-state index contributed by atoms with van der Waals surface area (Å²) in [5.74, 6) is 0.0500. The monoisotopic (exact) mass is 333 g/mol. The molecule has 1 fully saturated rings. The van der Waals surface area contributed by atoms with E-state index in [2.05, 4.69) is 10.4 Å². The molecule has 2 aliphatic rings. The Bertz CT molecular complexity index is 623. The Morgan fingerprint density at radius 3 is 2.38 bits per heavy atom. The minimum atomic E-state index is -0.249. The quantitative estimate of drug-likeness (QED) is 0.846. The van der Waals surface area contributed by atoms with Crippen LogP contribution in [0.25, 0.3) is 0 Å². The number of piperazine rings is 1.